The zero-order chi connectivity index (χ0) is 13.7. The second kappa shape index (κ2) is 7.17. The van der Waals surface area contributed by atoms with Gasteiger partial charge in [-0.2, -0.15) is 0 Å². The molecule has 2 rings (SSSR count). The molecule has 1 N–H and O–H groups in total. The number of rotatable bonds is 6. The van der Waals surface area contributed by atoms with Crippen LogP contribution in [0.15, 0.2) is 40.2 Å². The summed E-state index contributed by atoms with van der Waals surface area (Å²) in [6.45, 7) is 2.87. The Morgan fingerprint density at radius 1 is 1.37 bits per heavy atom. The first-order valence-electron chi connectivity index (χ1n) is 6.41. The smallest absolute Gasteiger partial charge is 0.137 e. The Morgan fingerprint density at radius 3 is 2.84 bits per heavy atom. The molecule has 1 atom stereocenters. The van der Waals surface area contributed by atoms with Crippen molar-refractivity contribution in [1.82, 2.24) is 5.32 Å². The third kappa shape index (κ3) is 4.13. The van der Waals surface area contributed by atoms with E-state index in [0.29, 0.717) is 17.1 Å². The lowest BCUT2D eigenvalue weighted by molar-refractivity contribution is 0.499. The Morgan fingerprint density at radius 2 is 2.21 bits per heavy atom. The van der Waals surface area contributed by atoms with Crippen LogP contribution in [0.3, 0.4) is 0 Å². The van der Waals surface area contributed by atoms with Gasteiger partial charge in [0.15, 0.2) is 0 Å². The number of nitrogens with one attached hydrogen (secondary N) is 1. The number of hydrogen-bond donors (Lipinski definition) is 1. The SMILES string of the molecule is CCCC(NCc1ccc(Br)c(F)c1)c1cccs1. The van der Waals surface area contributed by atoms with Crippen LogP contribution in [0.2, 0.25) is 0 Å². The molecule has 1 heterocycles. The molecular weight excluding hydrogens is 325 g/mol. The summed E-state index contributed by atoms with van der Waals surface area (Å²) < 4.78 is 14.0. The molecule has 0 saturated heterocycles. The fourth-order valence-corrected chi connectivity index (χ4v) is 3.10. The van der Waals surface area contributed by atoms with E-state index in [1.54, 1.807) is 23.5 Å². The summed E-state index contributed by atoms with van der Waals surface area (Å²) in [5.41, 5.74) is 0.971. The minimum atomic E-state index is -0.206. The topological polar surface area (TPSA) is 12.0 Å². The minimum absolute atomic E-state index is 0.206. The molecule has 0 spiro atoms. The molecule has 4 heteroatoms. The van der Waals surface area contributed by atoms with Gasteiger partial charge in [-0.3, -0.25) is 0 Å². The first-order valence-corrected chi connectivity index (χ1v) is 8.08. The summed E-state index contributed by atoms with van der Waals surface area (Å²) in [5, 5.41) is 5.61. The first-order chi connectivity index (χ1) is 9.20. The molecule has 19 heavy (non-hydrogen) atoms. The lowest BCUT2D eigenvalue weighted by atomic mass is 10.1. The van der Waals surface area contributed by atoms with Crippen molar-refractivity contribution in [1.29, 1.82) is 0 Å². The number of benzene rings is 1. The highest BCUT2D eigenvalue weighted by Gasteiger charge is 2.11. The van der Waals surface area contributed by atoms with Crippen LogP contribution >= 0.6 is 27.3 Å². The predicted octanol–water partition coefficient (Wildman–Crippen LogP) is 5.28. The van der Waals surface area contributed by atoms with Crippen LogP contribution in [0.1, 0.15) is 36.2 Å². The maximum atomic E-state index is 13.5. The molecule has 0 aliphatic rings. The van der Waals surface area contributed by atoms with Gasteiger partial charge in [-0.05, 0) is 51.5 Å². The molecule has 0 amide bonds. The van der Waals surface area contributed by atoms with Crippen LogP contribution in [-0.4, -0.2) is 0 Å². The van der Waals surface area contributed by atoms with Crippen molar-refractivity contribution in [2.45, 2.75) is 32.4 Å². The van der Waals surface area contributed by atoms with E-state index < -0.39 is 0 Å². The van der Waals surface area contributed by atoms with Crippen LogP contribution in [0.5, 0.6) is 0 Å². The van der Waals surface area contributed by atoms with Crippen molar-refractivity contribution < 1.29 is 4.39 Å². The Bertz CT molecular complexity index is 513. The van der Waals surface area contributed by atoms with Gasteiger partial charge in [0.1, 0.15) is 5.82 Å². The maximum Gasteiger partial charge on any atom is 0.137 e. The van der Waals surface area contributed by atoms with Gasteiger partial charge in [-0.15, -0.1) is 11.3 Å². The van der Waals surface area contributed by atoms with Crippen molar-refractivity contribution in [3.05, 3.63) is 56.4 Å². The van der Waals surface area contributed by atoms with Gasteiger partial charge in [0.2, 0.25) is 0 Å². The Labute approximate surface area is 126 Å². The number of halogens is 2. The molecule has 102 valence electrons. The first kappa shape index (κ1) is 14.7. The summed E-state index contributed by atoms with van der Waals surface area (Å²) >= 11 is 4.94. The lowest BCUT2D eigenvalue weighted by Gasteiger charge is -2.17. The molecule has 2 aromatic rings. The summed E-state index contributed by atoms with van der Waals surface area (Å²) in [6, 6.07) is 9.86. The zero-order valence-electron chi connectivity index (χ0n) is 10.8. The van der Waals surface area contributed by atoms with Crippen LogP contribution in [0.25, 0.3) is 0 Å². The normalized spacial score (nSPS) is 12.6. The van der Waals surface area contributed by atoms with Crippen molar-refractivity contribution in [2.24, 2.45) is 0 Å². The number of hydrogen-bond acceptors (Lipinski definition) is 2. The predicted molar refractivity (Wildman–Crippen MR) is 82.9 cm³/mol. The van der Waals surface area contributed by atoms with Crippen LogP contribution in [0, 0.1) is 5.82 Å². The highest BCUT2D eigenvalue weighted by atomic mass is 79.9. The molecular formula is C15H17BrFNS. The second-order valence-electron chi connectivity index (χ2n) is 4.49. The zero-order valence-corrected chi connectivity index (χ0v) is 13.2. The Hall–Kier alpha value is -0.710. The monoisotopic (exact) mass is 341 g/mol. The summed E-state index contributed by atoms with van der Waals surface area (Å²) in [6.07, 6.45) is 2.23. The van der Waals surface area contributed by atoms with Crippen molar-refractivity contribution in [3.8, 4) is 0 Å². The molecule has 0 fully saturated rings. The van der Waals surface area contributed by atoms with Crippen LogP contribution in [0.4, 0.5) is 4.39 Å². The molecule has 1 unspecified atom stereocenters. The average Bonchev–Trinajstić information content (AvgIpc) is 2.92. The Kier molecular flexibility index (Phi) is 5.55. The molecule has 1 aromatic heterocycles. The molecule has 0 saturated carbocycles. The van der Waals surface area contributed by atoms with Crippen LogP contribution < -0.4 is 5.32 Å². The molecule has 1 nitrogen and oxygen atoms in total. The number of thiophene rings is 1. The minimum Gasteiger partial charge on any atom is -0.305 e. The van der Waals surface area contributed by atoms with E-state index in [0.717, 1.165) is 18.4 Å². The molecule has 0 radical (unpaired) electrons. The fourth-order valence-electron chi connectivity index (χ4n) is 2.01. The van der Waals surface area contributed by atoms with Gasteiger partial charge < -0.3 is 5.32 Å². The average molecular weight is 342 g/mol. The van der Waals surface area contributed by atoms with E-state index in [1.165, 1.54) is 4.88 Å². The Balaban J connectivity index is 2.00. The summed E-state index contributed by atoms with van der Waals surface area (Å²) in [4.78, 5) is 1.35. The third-order valence-electron chi connectivity index (χ3n) is 3.00. The maximum absolute atomic E-state index is 13.5. The second-order valence-corrected chi connectivity index (χ2v) is 6.32. The van der Waals surface area contributed by atoms with E-state index >= 15 is 0 Å². The highest BCUT2D eigenvalue weighted by molar-refractivity contribution is 9.10. The molecule has 0 aliphatic heterocycles. The van der Waals surface area contributed by atoms with Gasteiger partial charge in [-0.25, -0.2) is 4.39 Å². The summed E-state index contributed by atoms with van der Waals surface area (Å²) in [7, 11) is 0. The highest BCUT2D eigenvalue weighted by Crippen LogP contribution is 2.24. The molecule has 1 aromatic carbocycles. The van der Waals surface area contributed by atoms with Gasteiger partial charge in [0.25, 0.3) is 0 Å². The standard InChI is InChI=1S/C15H17BrFNS/c1-2-4-14(15-5-3-8-19-15)18-10-11-6-7-12(16)13(17)9-11/h3,5-9,14,18H,2,4,10H2,1H3. The van der Waals surface area contributed by atoms with E-state index in [-0.39, 0.29) is 5.82 Å². The van der Waals surface area contributed by atoms with E-state index in [4.69, 9.17) is 0 Å². The van der Waals surface area contributed by atoms with Crippen molar-refractivity contribution >= 4 is 27.3 Å². The quantitative estimate of drug-likeness (QED) is 0.753. The molecule has 0 aliphatic carbocycles. The van der Waals surface area contributed by atoms with Gasteiger partial charge in [0.05, 0.1) is 4.47 Å². The van der Waals surface area contributed by atoms with Crippen LogP contribution in [-0.2, 0) is 6.54 Å². The van der Waals surface area contributed by atoms with Gasteiger partial charge in [0, 0.05) is 17.5 Å². The third-order valence-corrected chi connectivity index (χ3v) is 4.63. The van der Waals surface area contributed by atoms with E-state index in [9.17, 15) is 4.39 Å². The van der Waals surface area contributed by atoms with Crippen molar-refractivity contribution in [3.63, 3.8) is 0 Å². The van der Waals surface area contributed by atoms with E-state index in [1.807, 2.05) is 6.07 Å². The van der Waals surface area contributed by atoms with Gasteiger partial charge >= 0.3 is 0 Å². The van der Waals surface area contributed by atoms with Crippen molar-refractivity contribution in [2.75, 3.05) is 0 Å². The molecule has 0 bridgehead atoms. The van der Waals surface area contributed by atoms with Gasteiger partial charge in [-0.1, -0.05) is 25.5 Å². The lowest BCUT2D eigenvalue weighted by Crippen LogP contribution is -2.20. The fraction of sp³-hybridized carbons (Fsp3) is 0.333. The largest absolute Gasteiger partial charge is 0.305 e. The summed E-state index contributed by atoms with van der Waals surface area (Å²) in [5.74, 6) is -0.206. The van der Waals surface area contributed by atoms with E-state index in [2.05, 4.69) is 45.7 Å².